The van der Waals surface area contributed by atoms with Crippen molar-refractivity contribution in [3.63, 3.8) is 0 Å². The summed E-state index contributed by atoms with van der Waals surface area (Å²) in [6.07, 6.45) is 1.66. The first-order valence-electron chi connectivity index (χ1n) is 10.6. The molecular formula is C23H26N6O. The molecule has 2 aromatic carbocycles. The topological polar surface area (TPSA) is 78.8 Å². The van der Waals surface area contributed by atoms with Crippen LogP contribution in [0, 0.1) is 5.92 Å². The van der Waals surface area contributed by atoms with Gasteiger partial charge in [-0.3, -0.25) is 4.79 Å². The molecule has 0 bridgehead atoms. The standard InChI is InChI=1S/C23H26N6O/c1-2-29-20-10-6-5-9-19(20)27-23(29)28-13-11-16(12-14-28)22(30)24-15-21-25-17-7-3-4-8-18(17)26-21/h3-10,16H,2,11-15H2,1H3,(H,24,30)(H,25,26). The number of carbonyl (C=O) groups excluding carboxylic acids is 1. The molecule has 0 unspecified atom stereocenters. The molecule has 5 rings (SSSR count). The van der Waals surface area contributed by atoms with Crippen LogP contribution in [0.1, 0.15) is 25.6 Å². The number of aromatic amines is 1. The number of benzene rings is 2. The van der Waals surface area contributed by atoms with E-state index < -0.39 is 0 Å². The number of hydrogen-bond acceptors (Lipinski definition) is 4. The molecule has 0 radical (unpaired) electrons. The SMILES string of the molecule is CCn1c(N2CCC(C(=O)NCc3nc4ccccc4[nH]3)CC2)nc2ccccc21. The van der Waals surface area contributed by atoms with Crippen LogP contribution in [-0.4, -0.2) is 38.5 Å². The van der Waals surface area contributed by atoms with Crippen molar-refractivity contribution in [2.75, 3.05) is 18.0 Å². The number of aryl methyl sites for hydroxylation is 1. The third-order valence-electron chi connectivity index (χ3n) is 5.97. The molecule has 1 aliphatic rings. The molecule has 0 atom stereocenters. The molecule has 1 amide bonds. The highest BCUT2D eigenvalue weighted by Crippen LogP contribution is 2.27. The number of H-pyrrole nitrogens is 1. The van der Waals surface area contributed by atoms with Gasteiger partial charge >= 0.3 is 0 Å². The van der Waals surface area contributed by atoms with E-state index in [0.29, 0.717) is 6.54 Å². The Balaban J connectivity index is 1.21. The molecule has 1 saturated heterocycles. The Labute approximate surface area is 175 Å². The Morgan fingerprint density at radius 1 is 1.07 bits per heavy atom. The summed E-state index contributed by atoms with van der Waals surface area (Å²) in [5, 5.41) is 3.06. The lowest BCUT2D eigenvalue weighted by atomic mass is 9.96. The number of imidazole rings is 2. The molecule has 2 aromatic heterocycles. The van der Waals surface area contributed by atoms with Gasteiger partial charge in [0.25, 0.3) is 0 Å². The smallest absolute Gasteiger partial charge is 0.223 e. The van der Waals surface area contributed by atoms with Gasteiger partial charge in [0.1, 0.15) is 5.82 Å². The van der Waals surface area contributed by atoms with Crippen molar-refractivity contribution in [3.8, 4) is 0 Å². The summed E-state index contributed by atoms with van der Waals surface area (Å²) < 4.78 is 2.26. The van der Waals surface area contributed by atoms with E-state index in [-0.39, 0.29) is 11.8 Å². The van der Waals surface area contributed by atoms with Gasteiger partial charge in [0.2, 0.25) is 11.9 Å². The Hall–Kier alpha value is -3.35. The number of nitrogens with one attached hydrogen (secondary N) is 2. The van der Waals surface area contributed by atoms with E-state index in [1.807, 2.05) is 30.3 Å². The molecule has 1 fully saturated rings. The molecule has 1 aliphatic heterocycles. The first-order chi connectivity index (χ1) is 14.7. The maximum absolute atomic E-state index is 12.7. The van der Waals surface area contributed by atoms with E-state index >= 15 is 0 Å². The number of amides is 1. The van der Waals surface area contributed by atoms with E-state index in [9.17, 15) is 4.79 Å². The zero-order valence-electron chi connectivity index (χ0n) is 17.1. The van der Waals surface area contributed by atoms with Gasteiger partial charge in [-0.1, -0.05) is 24.3 Å². The zero-order valence-corrected chi connectivity index (χ0v) is 17.1. The number of hydrogen-bond donors (Lipinski definition) is 2. The quantitative estimate of drug-likeness (QED) is 0.536. The Morgan fingerprint density at radius 3 is 2.57 bits per heavy atom. The minimum absolute atomic E-state index is 0.0325. The Kier molecular flexibility index (Phi) is 4.86. The van der Waals surface area contributed by atoms with E-state index in [4.69, 9.17) is 4.98 Å². The van der Waals surface area contributed by atoms with Crippen LogP contribution in [0.4, 0.5) is 5.95 Å². The van der Waals surface area contributed by atoms with Crippen molar-refractivity contribution in [2.24, 2.45) is 5.92 Å². The molecule has 7 nitrogen and oxygen atoms in total. The number of piperidine rings is 1. The highest BCUT2D eigenvalue weighted by molar-refractivity contribution is 5.80. The molecule has 0 spiro atoms. The van der Waals surface area contributed by atoms with Crippen LogP contribution in [0.3, 0.4) is 0 Å². The second-order valence-electron chi connectivity index (χ2n) is 7.82. The number of fused-ring (bicyclic) bond motifs is 2. The first kappa shape index (κ1) is 18.7. The fourth-order valence-electron chi connectivity index (χ4n) is 4.36. The molecule has 3 heterocycles. The van der Waals surface area contributed by atoms with Gasteiger partial charge in [-0.15, -0.1) is 0 Å². The molecule has 0 aliphatic carbocycles. The van der Waals surface area contributed by atoms with E-state index in [1.165, 1.54) is 5.52 Å². The summed E-state index contributed by atoms with van der Waals surface area (Å²) in [7, 11) is 0. The second kappa shape index (κ2) is 7.82. The minimum atomic E-state index is 0.0325. The number of carbonyl (C=O) groups is 1. The summed E-state index contributed by atoms with van der Waals surface area (Å²) in [6, 6.07) is 16.2. The molecule has 0 saturated carbocycles. The predicted molar refractivity (Wildman–Crippen MR) is 118 cm³/mol. The van der Waals surface area contributed by atoms with Crippen molar-refractivity contribution < 1.29 is 4.79 Å². The summed E-state index contributed by atoms with van der Waals surface area (Å²) in [5.41, 5.74) is 4.11. The number of anilines is 1. The summed E-state index contributed by atoms with van der Waals surface area (Å²) in [5.74, 6) is 1.95. The van der Waals surface area contributed by atoms with E-state index in [0.717, 1.165) is 60.8 Å². The molecule has 154 valence electrons. The van der Waals surface area contributed by atoms with Crippen molar-refractivity contribution >= 4 is 33.9 Å². The summed E-state index contributed by atoms with van der Waals surface area (Å²) >= 11 is 0. The van der Waals surface area contributed by atoms with Crippen LogP contribution in [0.15, 0.2) is 48.5 Å². The lowest BCUT2D eigenvalue weighted by Crippen LogP contribution is -2.41. The van der Waals surface area contributed by atoms with Crippen LogP contribution in [0.5, 0.6) is 0 Å². The largest absolute Gasteiger partial charge is 0.349 e. The number of rotatable bonds is 5. The fourth-order valence-corrected chi connectivity index (χ4v) is 4.36. The van der Waals surface area contributed by atoms with Gasteiger partial charge < -0.3 is 19.8 Å². The average Bonchev–Trinajstić information content (AvgIpc) is 3.38. The highest BCUT2D eigenvalue weighted by atomic mass is 16.1. The first-order valence-corrected chi connectivity index (χ1v) is 10.6. The van der Waals surface area contributed by atoms with Gasteiger partial charge in [-0.25, -0.2) is 9.97 Å². The Morgan fingerprint density at radius 2 is 1.80 bits per heavy atom. The summed E-state index contributed by atoms with van der Waals surface area (Å²) in [6.45, 7) is 5.14. The molecule has 4 aromatic rings. The maximum atomic E-state index is 12.7. The van der Waals surface area contributed by atoms with Crippen molar-refractivity contribution in [1.29, 1.82) is 0 Å². The van der Waals surface area contributed by atoms with Gasteiger partial charge in [-0.05, 0) is 44.0 Å². The molecule has 2 N–H and O–H groups in total. The van der Waals surface area contributed by atoms with Gasteiger partial charge in [0, 0.05) is 25.6 Å². The normalized spacial score (nSPS) is 15.2. The lowest BCUT2D eigenvalue weighted by Gasteiger charge is -2.32. The third-order valence-corrected chi connectivity index (χ3v) is 5.97. The lowest BCUT2D eigenvalue weighted by molar-refractivity contribution is -0.125. The van der Waals surface area contributed by atoms with E-state index in [2.05, 4.69) is 49.9 Å². The van der Waals surface area contributed by atoms with E-state index in [1.54, 1.807) is 0 Å². The van der Waals surface area contributed by atoms with Gasteiger partial charge in [0.15, 0.2) is 0 Å². The van der Waals surface area contributed by atoms with Crippen LogP contribution in [-0.2, 0) is 17.9 Å². The summed E-state index contributed by atoms with van der Waals surface area (Å²) in [4.78, 5) is 27.7. The second-order valence-corrected chi connectivity index (χ2v) is 7.82. The average molecular weight is 403 g/mol. The highest BCUT2D eigenvalue weighted by Gasteiger charge is 2.27. The van der Waals surface area contributed by atoms with Crippen LogP contribution < -0.4 is 10.2 Å². The predicted octanol–water partition coefficient (Wildman–Crippen LogP) is 3.47. The number of nitrogens with zero attached hydrogens (tertiary/aromatic N) is 4. The van der Waals surface area contributed by atoms with Crippen molar-refractivity contribution in [1.82, 2.24) is 24.8 Å². The fraction of sp³-hybridized carbons (Fsp3) is 0.348. The minimum Gasteiger partial charge on any atom is -0.349 e. The van der Waals surface area contributed by atoms with Gasteiger partial charge in [-0.2, -0.15) is 0 Å². The maximum Gasteiger partial charge on any atom is 0.223 e. The monoisotopic (exact) mass is 402 g/mol. The van der Waals surface area contributed by atoms with Crippen molar-refractivity contribution in [2.45, 2.75) is 32.9 Å². The molecule has 7 heteroatoms. The number of para-hydroxylation sites is 4. The van der Waals surface area contributed by atoms with Crippen molar-refractivity contribution in [3.05, 3.63) is 54.4 Å². The molecule has 30 heavy (non-hydrogen) atoms. The van der Waals surface area contributed by atoms with Gasteiger partial charge in [0.05, 0.1) is 28.6 Å². The zero-order chi connectivity index (χ0) is 20.5. The third kappa shape index (κ3) is 3.40. The molecular weight excluding hydrogens is 376 g/mol. The Bertz CT molecular complexity index is 1150. The number of aromatic nitrogens is 4. The van der Waals surface area contributed by atoms with Crippen LogP contribution in [0.25, 0.3) is 22.1 Å². The van der Waals surface area contributed by atoms with Crippen LogP contribution in [0.2, 0.25) is 0 Å². The van der Waals surface area contributed by atoms with Crippen LogP contribution >= 0.6 is 0 Å².